The van der Waals surface area contributed by atoms with Gasteiger partial charge in [-0.25, -0.2) is 0 Å². The summed E-state index contributed by atoms with van der Waals surface area (Å²) >= 11 is 0. The summed E-state index contributed by atoms with van der Waals surface area (Å²) in [5.41, 5.74) is 5.15. The van der Waals surface area contributed by atoms with Crippen molar-refractivity contribution in [3.63, 3.8) is 0 Å². The van der Waals surface area contributed by atoms with Crippen LogP contribution in [0.15, 0.2) is 18.7 Å². The van der Waals surface area contributed by atoms with E-state index < -0.39 is 0 Å². The highest BCUT2D eigenvalue weighted by Crippen LogP contribution is 2.27. The molecule has 1 aromatic rings. The van der Waals surface area contributed by atoms with Gasteiger partial charge in [-0.3, -0.25) is 0 Å². The lowest BCUT2D eigenvalue weighted by Gasteiger charge is -2.15. The summed E-state index contributed by atoms with van der Waals surface area (Å²) in [5, 5.41) is 3.36. The second-order valence-corrected chi connectivity index (χ2v) is 5.19. The standard InChI is InChI=1S/C14H21N.C4H10/c1-6-12-9-13(10(3)4)11(5)8-14(12)15-7-2;1-3-4-2/h6,8-10,15H,1,7H2,2-5H3;3-4H2,1-2H3. The van der Waals surface area contributed by atoms with E-state index in [0.29, 0.717) is 5.92 Å². The van der Waals surface area contributed by atoms with Crippen molar-refractivity contribution >= 4 is 11.8 Å². The van der Waals surface area contributed by atoms with Gasteiger partial charge in [-0.2, -0.15) is 0 Å². The third-order valence-corrected chi connectivity index (χ3v) is 3.15. The lowest BCUT2D eigenvalue weighted by molar-refractivity contribution is 0.856. The Morgan fingerprint density at radius 2 is 1.74 bits per heavy atom. The number of aryl methyl sites for hydroxylation is 1. The van der Waals surface area contributed by atoms with Gasteiger partial charge < -0.3 is 5.32 Å². The van der Waals surface area contributed by atoms with Crippen molar-refractivity contribution < 1.29 is 0 Å². The first kappa shape index (κ1) is 17.8. The van der Waals surface area contributed by atoms with E-state index >= 15 is 0 Å². The molecule has 1 aromatic carbocycles. The van der Waals surface area contributed by atoms with Crippen LogP contribution in [-0.4, -0.2) is 6.54 Å². The molecule has 0 atom stereocenters. The van der Waals surface area contributed by atoms with Crippen LogP contribution in [0.3, 0.4) is 0 Å². The highest BCUT2D eigenvalue weighted by molar-refractivity contribution is 5.68. The minimum atomic E-state index is 0.569. The van der Waals surface area contributed by atoms with E-state index in [2.05, 4.69) is 65.6 Å². The second-order valence-electron chi connectivity index (χ2n) is 5.19. The first-order valence-electron chi connectivity index (χ1n) is 7.52. The molecule has 1 heteroatoms. The Morgan fingerprint density at radius 1 is 1.16 bits per heavy atom. The Labute approximate surface area is 120 Å². The molecule has 19 heavy (non-hydrogen) atoms. The third-order valence-electron chi connectivity index (χ3n) is 3.15. The predicted octanol–water partition coefficient (Wildman–Crippen LogP) is 6.00. The average molecular weight is 261 g/mol. The van der Waals surface area contributed by atoms with Crippen molar-refractivity contribution in [3.8, 4) is 0 Å². The van der Waals surface area contributed by atoms with E-state index in [4.69, 9.17) is 0 Å². The van der Waals surface area contributed by atoms with Gasteiger partial charge in [-0.1, -0.05) is 53.2 Å². The first-order valence-corrected chi connectivity index (χ1v) is 7.52. The van der Waals surface area contributed by atoms with E-state index in [1.54, 1.807) is 0 Å². The largest absolute Gasteiger partial charge is 0.385 e. The lowest BCUT2D eigenvalue weighted by Crippen LogP contribution is -2.02. The van der Waals surface area contributed by atoms with Crippen LogP contribution in [0, 0.1) is 6.92 Å². The third kappa shape index (κ3) is 5.96. The molecule has 0 aromatic heterocycles. The number of nitrogens with one attached hydrogen (secondary N) is 1. The first-order chi connectivity index (χ1) is 9.01. The number of benzene rings is 1. The minimum absolute atomic E-state index is 0.569. The Kier molecular flexibility index (Phi) is 9.03. The van der Waals surface area contributed by atoms with Gasteiger partial charge in [0.05, 0.1) is 0 Å². The molecule has 0 bridgehead atoms. The summed E-state index contributed by atoms with van der Waals surface area (Å²) in [6, 6.07) is 4.46. The van der Waals surface area contributed by atoms with Gasteiger partial charge in [0.15, 0.2) is 0 Å². The number of rotatable bonds is 5. The van der Waals surface area contributed by atoms with Crippen molar-refractivity contribution in [2.45, 2.75) is 60.3 Å². The molecule has 0 aliphatic heterocycles. The van der Waals surface area contributed by atoms with Gasteiger partial charge in [0.25, 0.3) is 0 Å². The van der Waals surface area contributed by atoms with Gasteiger partial charge in [-0.05, 0) is 48.6 Å². The summed E-state index contributed by atoms with van der Waals surface area (Å²) < 4.78 is 0. The minimum Gasteiger partial charge on any atom is -0.385 e. The Morgan fingerprint density at radius 3 is 2.11 bits per heavy atom. The summed E-state index contributed by atoms with van der Waals surface area (Å²) in [6.45, 7) is 17.9. The molecule has 108 valence electrons. The molecule has 0 saturated heterocycles. The average Bonchev–Trinajstić information content (AvgIpc) is 2.39. The van der Waals surface area contributed by atoms with Gasteiger partial charge >= 0.3 is 0 Å². The van der Waals surface area contributed by atoms with Gasteiger partial charge in [-0.15, -0.1) is 0 Å². The molecule has 0 unspecified atom stereocenters. The second kappa shape index (κ2) is 9.66. The molecule has 1 nitrogen and oxygen atoms in total. The molecule has 0 saturated carbocycles. The van der Waals surface area contributed by atoms with E-state index in [1.807, 2.05) is 6.08 Å². The van der Waals surface area contributed by atoms with Crippen LogP contribution < -0.4 is 5.32 Å². The fourth-order valence-electron chi connectivity index (χ4n) is 1.88. The quantitative estimate of drug-likeness (QED) is 0.685. The van der Waals surface area contributed by atoms with Crippen LogP contribution in [0.5, 0.6) is 0 Å². The Hall–Kier alpha value is -1.24. The fourth-order valence-corrected chi connectivity index (χ4v) is 1.88. The smallest absolute Gasteiger partial charge is 0.0416 e. The molecule has 0 spiro atoms. The number of anilines is 1. The van der Waals surface area contributed by atoms with Crippen molar-refractivity contribution in [1.29, 1.82) is 0 Å². The van der Waals surface area contributed by atoms with Crippen LogP contribution in [-0.2, 0) is 0 Å². The van der Waals surface area contributed by atoms with E-state index in [9.17, 15) is 0 Å². The zero-order valence-corrected chi connectivity index (χ0v) is 13.6. The Balaban J connectivity index is 0.000000711. The summed E-state index contributed by atoms with van der Waals surface area (Å²) in [5.74, 6) is 0.569. The van der Waals surface area contributed by atoms with Crippen LogP contribution in [0.2, 0.25) is 0 Å². The molecule has 0 aliphatic rings. The molecule has 0 fully saturated rings. The molecular weight excluding hydrogens is 230 g/mol. The number of unbranched alkanes of at least 4 members (excludes halogenated alkanes) is 1. The molecule has 0 heterocycles. The molecular formula is C18H31N. The van der Waals surface area contributed by atoms with Crippen LogP contribution in [0.1, 0.15) is 70.1 Å². The molecule has 0 radical (unpaired) electrons. The fraction of sp³-hybridized carbons (Fsp3) is 0.556. The van der Waals surface area contributed by atoms with Gasteiger partial charge in [0.2, 0.25) is 0 Å². The van der Waals surface area contributed by atoms with E-state index in [-0.39, 0.29) is 0 Å². The molecule has 0 aliphatic carbocycles. The molecule has 1 N–H and O–H groups in total. The van der Waals surface area contributed by atoms with Crippen LogP contribution >= 0.6 is 0 Å². The highest BCUT2D eigenvalue weighted by atomic mass is 14.9. The topological polar surface area (TPSA) is 12.0 Å². The maximum absolute atomic E-state index is 3.86. The number of hydrogen-bond acceptors (Lipinski definition) is 1. The van der Waals surface area contributed by atoms with Crippen molar-refractivity contribution in [2.75, 3.05) is 11.9 Å². The van der Waals surface area contributed by atoms with Gasteiger partial charge in [0.1, 0.15) is 0 Å². The zero-order chi connectivity index (χ0) is 14.8. The SMILES string of the molecule is C=Cc1cc(C(C)C)c(C)cc1NCC.CCCC. The van der Waals surface area contributed by atoms with Crippen LogP contribution in [0.25, 0.3) is 6.08 Å². The van der Waals surface area contributed by atoms with E-state index in [0.717, 1.165) is 6.54 Å². The van der Waals surface area contributed by atoms with Crippen molar-refractivity contribution in [2.24, 2.45) is 0 Å². The summed E-state index contributed by atoms with van der Waals surface area (Å²) in [7, 11) is 0. The van der Waals surface area contributed by atoms with Gasteiger partial charge in [0, 0.05) is 12.2 Å². The zero-order valence-electron chi connectivity index (χ0n) is 13.6. The van der Waals surface area contributed by atoms with Crippen molar-refractivity contribution in [3.05, 3.63) is 35.4 Å². The Bertz CT molecular complexity index is 376. The summed E-state index contributed by atoms with van der Waals surface area (Å²) in [4.78, 5) is 0. The normalized spacial score (nSPS) is 9.84. The number of hydrogen-bond donors (Lipinski definition) is 1. The monoisotopic (exact) mass is 261 g/mol. The maximum atomic E-state index is 3.86. The lowest BCUT2D eigenvalue weighted by atomic mass is 9.94. The maximum Gasteiger partial charge on any atom is 0.0416 e. The molecule has 0 amide bonds. The highest BCUT2D eigenvalue weighted by Gasteiger charge is 2.07. The summed E-state index contributed by atoms with van der Waals surface area (Å²) in [6.07, 6.45) is 4.56. The predicted molar refractivity (Wildman–Crippen MR) is 90.1 cm³/mol. The molecule has 1 rings (SSSR count). The van der Waals surface area contributed by atoms with Crippen LogP contribution in [0.4, 0.5) is 5.69 Å². The van der Waals surface area contributed by atoms with Crippen molar-refractivity contribution in [1.82, 2.24) is 0 Å². The van der Waals surface area contributed by atoms with E-state index in [1.165, 1.54) is 35.2 Å².